The summed E-state index contributed by atoms with van der Waals surface area (Å²) in [6.45, 7) is 5.21. The molecule has 116 valence electrons. The van der Waals surface area contributed by atoms with Crippen molar-refractivity contribution in [3.63, 3.8) is 0 Å². The van der Waals surface area contributed by atoms with Crippen LogP contribution in [0, 0.1) is 12.8 Å². The normalized spacial score (nSPS) is 19.2. The van der Waals surface area contributed by atoms with Gasteiger partial charge in [0.1, 0.15) is 5.75 Å². The maximum atomic E-state index is 11.7. The van der Waals surface area contributed by atoms with E-state index in [1.54, 1.807) is 0 Å². The molecule has 1 amide bonds. The number of hydrogen-bond acceptors (Lipinski definition) is 3. The summed E-state index contributed by atoms with van der Waals surface area (Å²) in [7, 11) is 2.17. The Morgan fingerprint density at radius 2 is 2.14 bits per heavy atom. The van der Waals surface area contributed by atoms with Gasteiger partial charge in [-0.15, -0.1) is 0 Å². The Kier molecular flexibility index (Phi) is 6.05. The maximum absolute atomic E-state index is 11.7. The Bertz CT molecular complexity index is 445. The van der Waals surface area contributed by atoms with Crippen molar-refractivity contribution in [3.8, 4) is 5.75 Å². The molecule has 1 fully saturated rings. The van der Waals surface area contributed by atoms with Crippen LogP contribution >= 0.6 is 0 Å². The van der Waals surface area contributed by atoms with Crippen molar-refractivity contribution in [1.82, 2.24) is 10.2 Å². The first-order valence-corrected chi connectivity index (χ1v) is 7.78. The van der Waals surface area contributed by atoms with E-state index in [-0.39, 0.29) is 12.5 Å². The van der Waals surface area contributed by atoms with Crippen LogP contribution in [0.1, 0.15) is 24.8 Å². The van der Waals surface area contributed by atoms with Crippen molar-refractivity contribution >= 4 is 5.91 Å². The SMILES string of the molecule is Cc1ccc(OCC(=O)NCC[C@H]2CCCN(C)C2)cc1. The molecule has 0 saturated carbocycles. The second kappa shape index (κ2) is 8.03. The Labute approximate surface area is 127 Å². The van der Waals surface area contributed by atoms with E-state index < -0.39 is 0 Å². The molecule has 1 aliphatic rings. The molecule has 1 saturated heterocycles. The maximum Gasteiger partial charge on any atom is 0.257 e. The van der Waals surface area contributed by atoms with Crippen LogP contribution < -0.4 is 10.1 Å². The van der Waals surface area contributed by atoms with Crippen LogP contribution in [-0.4, -0.2) is 44.1 Å². The van der Waals surface area contributed by atoms with Gasteiger partial charge in [0.2, 0.25) is 0 Å². The number of ether oxygens (including phenoxy) is 1. The molecule has 0 aromatic heterocycles. The van der Waals surface area contributed by atoms with E-state index in [0.29, 0.717) is 5.92 Å². The first-order valence-electron chi connectivity index (χ1n) is 7.78. The molecule has 1 N–H and O–H groups in total. The monoisotopic (exact) mass is 290 g/mol. The third-order valence-electron chi connectivity index (χ3n) is 3.99. The topological polar surface area (TPSA) is 41.6 Å². The van der Waals surface area contributed by atoms with Crippen molar-refractivity contribution in [2.75, 3.05) is 33.3 Å². The fourth-order valence-corrected chi connectivity index (χ4v) is 2.76. The third kappa shape index (κ3) is 5.76. The van der Waals surface area contributed by atoms with E-state index in [1.807, 2.05) is 31.2 Å². The highest BCUT2D eigenvalue weighted by molar-refractivity contribution is 5.77. The number of nitrogens with one attached hydrogen (secondary N) is 1. The largest absolute Gasteiger partial charge is 0.484 e. The Hall–Kier alpha value is -1.55. The lowest BCUT2D eigenvalue weighted by molar-refractivity contribution is -0.123. The number of carbonyl (C=O) groups excluding carboxylic acids is 1. The number of benzene rings is 1. The summed E-state index contributed by atoms with van der Waals surface area (Å²) in [5.41, 5.74) is 1.18. The highest BCUT2D eigenvalue weighted by Crippen LogP contribution is 2.17. The highest BCUT2D eigenvalue weighted by Gasteiger charge is 2.16. The Balaban J connectivity index is 1.60. The molecular weight excluding hydrogens is 264 g/mol. The summed E-state index contributed by atoms with van der Waals surface area (Å²) in [6.07, 6.45) is 3.60. The molecule has 0 spiro atoms. The first kappa shape index (κ1) is 15.8. The fourth-order valence-electron chi connectivity index (χ4n) is 2.76. The van der Waals surface area contributed by atoms with Crippen LogP contribution in [-0.2, 0) is 4.79 Å². The average molecular weight is 290 g/mol. The highest BCUT2D eigenvalue weighted by atomic mass is 16.5. The molecule has 21 heavy (non-hydrogen) atoms. The fraction of sp³-hybridized carbons (Fsp3) is 0.588. The molecule has 0 bridgehead atoms. The zero-order valence-electron chi connectivity index (χ0n) is 13.1. The van der Waals surface area contributed by atoms with Crippen LogP contribution in [0.4, 0.5) is 0 Å². The van der Waals surface area contributed by atoms with Gasteiger partial charge < -0.3 is 15.0 Å². The molecule has 4 nitrogen and oxygen atoms in total. The molecule has 2 rings (SSSR count). The number of nitrogens with zero attached hydrogens (tertiary/aromatic N) is 1. The Morgan fingerprint density at radius 1 is 1.38 bits per heavy atom. The zero-order chi connectivity index (χ0) is 15.1. The Morgan fingerprint density at radius 3 is 2.86 bits per heavy atom. The van der Waals surface area contributed by atoms with E-state index >= 15 is 0 Å². The van der Waals surface area contributed by atoms with Crippen LogP contribution in [0.15, 0.2) is 24.3 Å². The van der Waals surface area contributed by atoms with E-state index in [1.165, 1.54) is 24.9 Å². The summed E-state index contributed by atoms with van der Waals surface area (Å²) >= 11 is 0. The summed E-state index contributed by atoms with van der Waals surface area (Å²) in [5, 5.41) is 2.94. The molecule has 1 atom stereocenters. The van der Waals surface area contributed by atoms with Gasteiger partial charge in [0.15, 0.2) is 6.61 Å². The molecule has 1 aliphatic heterocycles. The van der Waals surface area contributed by atoms with Gasteiger partial charge in [-0.2, -0.15) is 0 Å². The lowest BCUT2D eigenvalue weighted by Gasteiger charge is -2.29. The first-order chi connectivity index (χ1) is 10.1. The number of piperidine rings is 1. The lowest BCUT2D eigenvalue weighted by Crippen LogP contribution is -2.35. The number of aryl methyl sites for hydroxylation is 1. The van der Waals surface area contributed by atoms with Gasteiger partial charge in [-0.05, 0) is 57.8 Å². The smallest absolute Gasteiger partial charge is 0.257 e. The molecule has 0 aliphatic carbocycles. The summed E-state index contributed by atoms with van der Waals surface area (Å²) in [4.78, 5) is 14.1. The minimum Gasteiger partial charge on any atom is -0.484 e. The second-order valence-electron chi connectivity index (χ2n) is 6.01. The molecule has 0 radical (unpaired) electrons. The summed E-state index contributed by atoms with van der Waals surface area (Å²) < 4.78 is 5.46. The third-order valence-corrected chi connectivity index (χ3v) is 3.99. The van der Waals surface area contributed by atoms with Crippen molar-refractivity contribution in [2.45, 2.75) is 26.2 Å². The van der Waals surface area contributed by atoms with E-state index in [4.69, 9.17) is 4.74 Å². The predicted octanol–water partition coefficient (Wildman–Crippen LogP) is 2.22. The van der Waals surface area contributed by atoms with Gasteiger partial charge in [-0.3, -0.25) is 4.79 Å². The van der Waals surface area contributed by atoms with Crippen LogP contribution in [0.25, 0.3) is 0 Å². The number of likely N-dealkylation sites (tertiary alicyclic amines) is 1. The van der Waals surface area contributed by atoms with Gasteiger partial charge in [0.25, 0.3) is 5.91 Å². The van der Waals surface area contributed by atoms with Crippen LogP contribution in [0.5, 0.6) is 5.75 Å². The van der Waals surface area contributed by atoms with Crippen molar-refractivity contribution < 1.29 is 9.53 Å². The minimum atomic E-state index is -0.0419. The quantitative estimate of drug-likeness (QED) is 0.873. The number of rotatable bonds is 6. The van der Waals surface area contributed by atoms with Crippen LogP contribution in [0.2, 0.25) is 0 Å². The van der Waals surface area contributed by atoms with Gasteiger partial charge >= 0.3 is 0 Å². The van der Waals surface area contributed by atoms with E-state index in [0.717, 1.165) is 25.3 Å². The summed E-state index contributed by atoms with van der Waals surface area (Å²) in [6, 6.07) is 7.74. The standard InChI is InChI=1S/C17H26N2O2/c1-14-5-7-16(8-6-14)21-13-17(20)18-10-9-15-4-3-11-19(2)12-15/h5-8,15H,3-4,9-13H2,1-2H3,(H,18,20)/t15-/m1/s1. The molecule has 1 aromatic carbocycles. The predicted molar refractivity (Wildman–Crippen MR) is 84.5 cm³/mol. The van der Waals surface area contributed by atoms with Crippen molar-refractivity contribution in [3.05, 3.63) is 29.8 Å². The molecular formula is C17H26N2O2. The van der Waals surface area contributed by atoms with Crippen molar-refractivity contribution in [2.24, 2.45) is 5.92 Å². The van der Waals surface area contributed by atoms with E-state index in [9.17, 15) is 4.79 Å². The number of carbonyl (C=O) groups is 1. The zero-order valence-corrected chi connectivity index (χ0v) is 13.1. The molecule has 4 heteroatoms. The minimum absolute atomic E-state index is 0.0419. The molecule has 1 heterocycles. The van der Waals surface area contributed by atoms with Gasteiger partial charge in [0, 0.05) is 13.1 Å². The average Bonchev–Trinajstić information content (AvgIpc) is 2.47. The number of amides is 1. The van der Waals surface area contributed by atoms with Gasteiger partial charge in [0.05, 0.1) is 0 Å². The molecule has 0 unspecified atom stereocenters. The lowest BCUT2D eigenvalue weighted by atomic mass is 9.95. The van der Waals surface area contributed by atoms with Gasteiger partial charge in [-0.1, -0.05) is 17.7 Å². The van der Waals surface area contributed by atoms with Crippen LogP contribution in [0.3, 0.4) is 0 Å². The van der Waals surface area contributed by atoms with Crippen molar-refractivity contribution in [1.29, 1.82) is 0 Å². The summed E-state index contributed by atoms with van der Waals surface area (Å²) in [5.74, 6) is 1.41. The van der Waals surface area contributed by atoms with Gasteiger partial charge in [-0.25, -0.2) is 0 Å². The molecule has 1 aromatic rings. The second-order valence-corrected chi connectivity index (χ2v) is 6.01. The number of hydrogen-bond donors (Lipinski definition) is 1. The van der Waals surface area contributed by atoms with E-state index in [2.05, 4.69) is 17.3 Å².